The number of nitrogens with zero attached hydrogens (tertiary/aromatic N) is 3. The molecule has 3 rings (SSSR count). The zero-order chi connectivity index (χ0) is 20.3. The molecule has 0 saturated heterocycles. The number of non-ortho nitro benzene ring substituents is 1. The fourth-order valence-corrected chi connectivity index (χ4v) is 3.54. The Bertz CT molecular complexity index is 1010. The number of nitro benzene ring substituents is 1. The van der Waals surface area contributed by atoms with Crippen LogP contribution in [0.5, 0.6) is 5.75 Å². The minimum Gasteiger partial charge on any atom is -0.487 e. The standard InChI is InChI=1S/C20H19N3O4S/c1-13-5-4-6-19(14(13)2)22(15(3)24)20-21-16(12-28-20)11-27-18-9-7-17(8-10-18)23(25)26/h4-10,12H,11H2,1-3H3. The van der Waals surface area contributed by atoms with E-state index in [1.165, 1.54) is 30.4 Å². The fraction of sp³-hybridized carbons (Fsp3) is 0.200. The Kier molecular flexibility index (Phi) is 5.70. The summed E-state index contributed by atoms with van der Waals surface area (Å²) in [6, 6.07) is 11.7. The highest BCUT2D eigenvalue weighted by Gasteiger charge is 2.20. The van der Waals surface area contributed by atoms with Crippen LogP contribution >= 0.6 is 11.3 Å². The number of benzene rings is 2. The highest BCUT2D eigenvalue weighted by Crippen LogP contribution is 2.32. The van der Waals surface area contributed by atoms with Crippen LogP contribution in [0.15, 0.2) is 47.8 Å². The first kappa shape index (κ1) is 19.5. The number of hydrogen-bond acceptors (Lipinski definition) is 6. The first-order valence-electron chi connectivity index (χ1n) is 8.55. The van der Waals surface area contributed by atoms with Gasteiger partial charge in [0.25, 0.3) is 5.69 Å². The molecule has 0 radical (unpaired) electrons. The zero-order valence-electron chi connectivity index (χ0n) is 15.7. The summed E-state index contributed by atoms with van der Waals surface area (Å²) >= 11 is 1.36. The molecule has 7 nitrogen and oxygen atoms in total. The van der Waals surface area contributed by atoms with Crippen molar-refractivity contribution in [3.8, 4) is 5.75 Å². The molecule has 0 aliphatic heterocycles. The Morgan fingerprint density at radius 1 is 1.21 bits per heavy atom. The summed E-state index contributed by atoms with van der Waals surface area (Å²) in [5.74, 6) is 0.393. The van der Waals surface area contributed by atoms with Crippen LogP contribution in [0, 0.1) is 24.0 Å². The molecule has 8 heteroatoms. The van der Waals surface area contributed by atoms with Crippen molar-refractivity contribution in [1.82, 2.24) is 4.98 Å². The molecular weight excluding hydrogens is 378 g/mol. The van der Waals surface area contributed by atoms with Gasteiger partial charge in [0.05, 0.1) is 16.3 Å². The van der Waals surface area contributed by atoms with Gasteiger partial charge in [-0.3, -0.25) is 19.8 Å². The Morgan fingerprint density at radius 3 is 2.57 bits per heavy atom. The molecule has 0 atom stereocenters. The minimum atomic E-state index is -0.458. The highest BCUT2D eigenvalue weighted by molar-refractivity contribution is 7.14. The highest BCUT2D eigenvalue weighted by atomic mass is 32.1. The van der Waals surface area contributed by atoms with Gasteiger partial charge in [-0.2, -0.15) is 0 Å². The van der Waals surface area contributed by atoms with Gasteiger partial charge in [0.2, 0.25) is 5.91 Å². The van der Waals surface area contributed by atoms with Gasteiger partial charge in [0.15, 0.2) is 5.13 Å². The summed E-state index contributed by atoms with van der Waals surface area (Å²) in [6.07, 6.45) is 0. The maximum absolute atomic E-state index is 12.3. The van der Waals surface area contributed by atoms with Crippen LogP contribution in [0.2, 0.25) is 0 Å². The van der Waals surface area contributed by atoms with Gasteiger partial charge in [-0.05, 0) is 43.2 Å². The fourth-order valence-electron chi connectivity index (χ4n) is 2.67. The van der Waals surface area contributed by atoms with Crippen LogP contribution in [0.1, 0.15) is 23.7 Å². The molecule has 0 fully saturated rings. The Morgan fingerprint density at radius 2 is 1.93 bits per heavy atom. The maximum atomic E-state index is 12.3. The van der Waals surface area contributed by atoms with E-state index in [9.17, 15) is 14.9 Å². The van der Waals surface area contributed by atoms with E-state index in [1.54, 1.807) is 17.0 Å². The number of rotatable bonds is 6. The van der Waals surface area contributed by atoms with E-state index in [0.29, 0.717) is 16.6 Å². The lowest BCUT2D eigenvalue weighted by atomic mass is 10.1. The van der Waals surface area contributed by atoms with Gasteiger partial charge in [-0.15, -0.1) is 11.3 Å². The average molecular weight is 397 g/mol. The smallest absolute Gasteiger partial charge is 0.269 e. The Labute approximate surface area is 166 Å². The van der Waals surface area contributed by atoms with Crippen molar-refractivity contribution in [3.05, 3.63) is 74.8 Å². The largest absolute Gasteiger partial charge is 0.487 e. The van der Waals surface area contributed by atoms with E-state index in [1.807, 2.05) is 37.4 Å². The summed E-state index contributed by atoms with van der Waals surface area (Å²) in [6.45, 7) is 5.69. The van der Waals surface area contributed by atoms with Crippen molar-refractivity contribution in [2.75, 3.05) is 4.90 Å². The van der Waals surface area contributed by atoms with Gasteiger partial charge in [-0.1, -0.05) is 12.1 Å². The molecule has 0 saturated carbocycles. The summed E-state index contributed by atoms with van der Waals surface area (Å²) in [5, 5.41) is 13.1. The van der Waals surface area contributed by atoms with Crippen LogP contribution in [-0.2, 0) is 11.4 Å². The Hall–Kier alpha value is -3.26. The second kappa shape index (κ2) is 8.18. The third-order valence-electron chi connectivity index (χ3n) is 4.30. The molecule has 1 heterocycles. The van der Waals surface area contributed by atoms with E-state index in [0.717, 1.165) is 16.8 Å². The quantitative estimate of drug-likeness (QED) is 0.435. The first-order chi connectivity index (χ1) is 13.4. The SMILES string of the molecule is CC(=O)N(c1nc(COc2ccc([N+](=O)[O-])cc2)cs1)c1cccc(C)c1C. The van der Waals surface area contributed by atoms with Crippen molar-refractivity contribution in [1.29, 1.82) is 0 Å². The van der Waals surface area contributed by atoms with Crippen LogP contribution in [0.4, 0.5) is 16.5 Å². The molecule has 2 aromatic carbocycles. The number of aryl methyl sites for hydroxylation is 1. The van der Waals surface area contributed by atoms with Crippen LogP contribution < -0.4 is 9.64 Å². The third-order valence-corrected chi connectivity index (χ3v) is 5.17. The second-order valence-electron chi connectivity index (χ2n) is 6.23. The summed E-state index contributed by atoms with van der Waals surface area (Å²) in [4.78, 5) is 28.7. The maximum Gasteiger partial charge on any atom is 0.269 e. The molecule has 28 heavy (non-hydrogen) atoms. The predicted octanol–water partition coefficient (Wildman–Crippen LogP) is 4.93. The molecule has 0 bridgehead atoms. The normalized spacial score (nSPS) is 10.5. The number of amides is 1. The van der Waals surface area contributed by atoms with Gasteiger partial charge < -0.3 is 4.74 Å². The van der Waals surface area contributed by atoms with Crippen molar-refractivity contribution in [2.45, 2.75) is 27.4 Å². The van der Waals surface area contributed by atoms with E-state index >= 15 is 0 Å². The molecule has 0 spiro atoms. The molecule has 0 aliphatic rings. The Balaban J connectivity index is 1.77. The van der Waals surface area contributed by atoms with Crippen LogP contribution in [-0.4, -0.2) is 15.8 Å². The number of anilines is 2. The lowest BCUT2D eigenvalue weighted by molar-refractivity contribution is -0.384. The van der Waals surface area contributed by atoms with Crippen LogP contribution in [0.25, 0.3) is 0 Å². The van der Waals surface area contributed by atoms with Gasteiger partial charge in [-0.25, -0.2) is 4.98 Å². The lowest BCUT2D eigenvalue weighted by Crippen LogP contribution is -2.23. The summed E-state index contributed by atoms with van der Waals surface area (Å²) in [5.41, 5.74) is 3.62. The molecule has 144 valence electrons. The number of carbonyl (C=O) groups is 1. The molecule has 1 aromatic heterocycles. The van der Waals surface area contributed by atoms with E-state index < -0.39 is 4.92 Å². The number of nitro groups is 1. The van der Waals surface area contributed by atoms with Crippen molar-refractivity contribution >= 4 is 33.8 Å². The third kappa shape index (κ3) is 4.17. The topological polar surface area (TPSA) is 85.6 Å². The zero-order valence-corrected chi connectivity index (χ0v) is 16.5. The number of ether oxygens (including phenoxy) is 1. The van der Waals surface area contributed by atoms with E-state index in [-0.39, 0.29) is 18.2 Å². The molecule has 3 aromatic rings. The average Bonchev–Trinajstić information content (AvgIpc) is 3.12. The van der Waals surface area contributed by atoms with Crippen molar-refractivity contribution in [2.24, 2.45) is 0 Å². The summed E-state index contributed by atoms with van der Waals surface area (Å²) in [7, 11) is 0. The number of aromatic nitrogens is 1. The molecule has 0 N–H and O–H groups in total. The second-order valence-corrected chi connectivity index (χ2v) is 7.07. The number of carbonyl (C=O) groups excluding carboxylic acids is 1. The molecular formula is C20H19N3O4S. The monoisotopic (exact) mass is 397 g/mol. The van der Waals surface area contributed by atoms with Crippen molar-refractivity contribution in [3.63, 3.8) is 0 Å². The minimum absolute atomic E-state index is 0.00826. The van der Waals surface area contributed by atoms with Crippen molar-refractivity contribution < 1.29 is 14.5 Å². The van der Waals surface area contributed by atoms with E-state index in [2.05, 4.69) is 4.98 Å². The van der Waals surface area contributed by atoms with Gasteiger partial charge in [0, 0.05) is 24.4 Å². The first-order valence-corrected chi connectivity index (χ1v) is 9.43. The molecule has 0 unspecified atom stereocenters. The van der Waals surface area contributed by atoms with Crippen LogP contribution in [0.3, 0.4) is 0 Å². The van der Waals surface area contributed by atoms with Gasteiger partial charge in [0.1, 0.15) is 12.4 Å². The number of thiazole rings is 1. The lowest BCUT2D eigenvalue weighted by Gasteiger charge is -2.21. The van der Waals surface area contributed by atoms with E-state index in [4.69, 9.17) is 4.74 Å². The van der Waals surface area contributed by atoms with Gasteiger partial charge >= 0.3 is 0 Å². The molecule has 1 amide bonds. The summed E-state index contributed by atoms with van der Waals surface area (Å²) < 4.78 is 5.65. The number of hydrogen-bond donors (Lipinski definition) is 0. The molecule has 0 aliphatic carbocycles. The predicted molar refractivity (Wildman–Crippen MR) is 108 cm³/mol.